The summed E-state index contributed by atoms with van der Waals surface area (Å²) in [6.07, 6.45) is 6.80. The zero-order valence-electron chi connectivity index (χ0n) is 5.61. The van der Waals surface area contributed by atoms with Gasteiger partial charge in [-0.05, 0) is 31.0 Å². The molecule has 0 spiro atoms. The molecule has 0 amide bonds. The molecule has 1 radical (unpaired) electrons. The molecule has 1 rings (SSSR count). The number of hydrogen-bond donors (Lipinski definition) is 0. The molecule has 10 heavy (non-hydrogen) atoms. The van der Waals surface area contributed by atoms with Gasteiger partial charge in [0.25, 0.3) is 0 Å². The summed E-state index contributed by atoms with van der Waals surface area (Å²) in [5.74, 6) is 2.26. The Balaban J connectivity index is 3.20. The molecular weight excluding hydrogens is 144 g/mol. The maximum absolute atomic E-state index is 6.80. The summed E-state index contributed by atoms with van der Waals surface area (Å²) in [6, 6.07) is 5.41. The van der Waals surface area contributed by atoms with Gasteiger partial charge in [0.05, 0.1) is 0 Å². The third-order valence-electron chi connectivity index (χ3n) is 1.32. The number of hydrogen-bond acceptors (Lipinski definition) is 0. The van der Waals surface area contributed by atoms with Gasteiger partial charge in [0, 0.05) is 10.6 Å². The molecule has 1 heteroatoms. The molecule has 0 atom stereocenters. The van der Waals surface area contributed by atoms with E-state index in [4.69, 9.17) is 18.0 Å². The van der Waals surface area contributed by atoms with Crippen LogP contribution in [-0.4, -0.2) is 0 Å². The van der Waals surface area contributed by atoms with Crippen molar-refractivity contribution < 1.29 is 0 Å². The van der Waals surface area contributed by atoms with E-state index in [1.807, 2.05) is 19.1 Å². The van der Waals surface area contributed by atoms with Crippen molar-refractivity contribution in [2.45, 2.75) is 6.92 Å². The van der Waals surface area contributed by atoms with E-state index in [0.717, 1.165) is 11.1 Å². The van der Waals surface area contributed by atoms with E-state index >= 15 is 0 Å². The number of rotatable bonds is 0. The summed E-state index contributed by atoms with van der Waals surface area (Å²) >= 11 is 5.77. The number of aryl methyl sites for hydroxylation is 1. The Kier molecular flexibility index (Phi) is 1.99. The Morgan fingerprint density at radius 1 is 1.50 bits per heavy atom. The van der Waals surface area contributed by atoms with Gasteiger partial charge < -0.3 is 0 Å². The van der Waals surface area contributed by atoms with Gasteiger partial charge in [0.15, 0.2) is 0 Å². The largest absolute Gasteiger partial charge is 0.0840 e. The standard InChI is InChI=1S/C9H6Cl/c1-3-8-5-4-7(2)9(10)6-8/h4-6H,2H3. The average molecular weight is 150 g/mol. The van der Waals surface area contributed by atoms with E-state index in [1.165, 1.54) is 0 Å². The van der Waals surface area contributed by atoms with Crippen molar-refractivity contribution in [2.24, 2.45) is 0 Å². The molecule has 0 N–H and O–H groups in total. The molecule has 0 nitrogen and oxygen atoms in total. The zero-order valence-corrected chi connectivity index (χ0v) is 6.37. The van der Waals surface area contributed by atoms with Gasteiger partial charge in [-0.15, -0.1) is 0 Å². The van der Waals surface area contributed by atoms with Crippen LogP contribution >= 0.6 is 11.6 Å². The molecule has 0 bridgehead atoms. The molecule has 1 aromatic rings. The van der Waals surface area contributed by atoms with Crippen LogP contribution in [0.25, 0.3) is 0 Å². The summed E-state index contributed by atoms with van der Waals surface area (Å²) in [7, 11) is 0. The third kappa shape index (κ3) is 1.32. The smallest absolute Gasteiger partial charge is 0.0447 e. The molecule has 0 saturated heterocycles. The normalized spacial score (nSPS) is 8.90. The maximum Gasteiger partial charge on any atom is 0.0447 e. The van der Waals surface area contributed by atoms with Crippen LogP contribution in [0, 0.1) is 19.3 Å². The van der Waals surface area contributed by atoms with Gasteiger partial charge >= 0.3 is 0 Å². The first kappa shape index (κ1) is 7.18. The van der Waals surface area contributed by atoms with Gasteiger partial charge in [0.2, 0.25) is 0 Å². The number of benzene rings is 1. The second kappa shape index (κ2) is 2.77. The fraction of sp³-hybridized carbons (Fsp3) is 0.111. The van der Waals surface area contributed by atoms with Crippen molar-refractivity contribution in [3.8, 4) is 5.92 Å². The van der Waals surface area contributed by atoms with E-state index in [1.54, 1.807) is 6.07 Å². The minimum atomic E-state index is 0.692. The van der Waals surface area contributed by atoms with Crippen molar-refractivity contribution in [1.82, 2.24) is 0 Å². The molecule has 0 aromatic heterocycles. The minimum absolute atomic E-state index is 0.692. The fourth-order valence-corrected chi connectivity index (χ4v) is 0.851. The van der Waals surface area contributed by atoms with Crippen molar-refractivity contribution in [3.05, 3.63) is 40.8 Å². The van der Waals surface area contributed by atoms with Gasteiger partial charge in [-0.3, -0.25) is 0 Å². The summed E-state index contributed by atoms with van der Waals surface area (Å²) < 4.78 is 0. The van der Waals surface area contributed by atoms with Crippen molar-refractivity contribution in [1.29, 1.82) is 0 Å². The van der Waals surface area contributed by atoms with E-state index < -0.39 is 0 Å². The minimum Gasteiger partial charge on any atom is -0.0840 e. The highest BCUT2D eigenvalue weighted by atomic mass is 35.5. The molecule has 1 aromatic carbocycles. The highest BCUT2D eigenvalue weighted by molar-refractivity contribution is 6.31. The van der Waals surface area contributed by atoms with Crippen molar-refractivity contribution in [3.63, 3.8) is 0 Å². The lowest BCUT2D eigenvalue weighted by atomic mass is 10.2. The van der Waals surface area contributed by atoms with E-state index in [2.05, 4.69) is 5.92 Å². The van der Waals surface area contributed by atoms with Crippen LogP contribution in [0.4, 0.5) is 0 Å². The first-order valence-electron chi connectivity index (χ1n) is 2.93. The van der Waals surface area contributed by atoms with Crippen molar-refractivity contribution in [2.75, 3.05) is 0 Å². The lowest BCUT2D eigenvalue weighted by molar-refractivity contribution is 1.46. The first-order valence-corrected chi connectivity index (χ1v) is 3.30. The van der Waals surface area contributed by atoms with Gasteiger partial charge in [0.1, 0.15) is 0 Å². The topological polar surface area (TPSA) is 0 Å². The summed E-state index contributed by atoms with van der Waals surface area (Å²) in [6.45, 7) is 1.93. The monoisotopic (exact) mass is 149 g/mol. The van der Waals surface area contributed by atoms with Gasteiger partial charge in [-0.2, -0.15) is 0 Å². The second-order valence-electron chi connectivity index (χ2n) is 2.09. The fourth-order valence-electron chi connectivity index (χ4n) is 0.671. The summed E-state index contributed by atoms with van der Waals surface area (Å²) in [5, 5.41) is 0.692. The molecule has 0 aliphatic rings. The Hall–Kier alpha value is -0.930. The quantitative estimate of drug-likeness (QED) is 0.498. The van der Waals surface area contributed by atoms with Gasteiger partial charge in [-0.1, -0.05) is 23.6 Å². The number of halogens is 1. The lowest BCUT2D eigenvalue weighted by Gasteiger charge is -1.95. The highest BCUT2D eigenvalue weighted by Crippen LogP contribution is 2.15. The van der Waals surface area contributed by atoms with Crippen molar-refractivity contribution >= 4 is 11.6 Å². The van der Waals surface area contributed by atoms with Crippen LogP contribution in [0.2, 0.25) is 5.02 Å². The van der Waals surface area contributed by atoms with Crippen LogP contribution < -0.4 is 0 Å². The summed E-state index contributed by atoms with van der Waals surface area (Å²) in [4.78, 5) is 0. The third-order valence-corrected chi connectivity index (χ3v) is 1.72. The average Bonchev–Trinajstić information content (AvgIpc) is 1.95. The Labute approximate surface area is 65.8 Å². The van der Waals surface area contributed by atoms with E-state index in [-0.39, 0.29) is 0 Å². The molecule has 0 saturated carbocycles. The molecule has 49 valence electrons. The molecule has 0 unspecified atom stereocenters. The Morgan fingerprint density at radius 3 is 2.70 bits per heavy atom. The Morgan fingerprint density at radius 2 is 2.20 bits per heavy atom. The van der Waals surface area contributed by atoms with Crippen LogP contribution in [-0.2, 0) is 0 Å². The second-order valence-corrected chi connectivity index (χ2v) is 2.50. The van der Waals surface area contributed by atoms with Crippen LogP contribution in [0.3, 0.4) is 0 Å². The maximum atomic E-state index is 6.80. The van der Waals surface area contributed by atoms with E-state index in [9.17, 15) is 0 Å². The molecule has 0 fully saturated rings. The highest BCUT2D eigenvalue weighted by Gasteiger charge is 1.93. The van der Waals surface area contributed by atoms with Gasteiger partial charge in [-0.25, -0.2) is 0 Å². The predicted octanol–water partition coefficient (Wildman–Crippen LogP) is 2.59. The van der Waals surface area contributed by atoms with Crippen LogP contribution in [0.15, 0.2) is 18.2 Å². The predicted molar refractivity (Wildman–Crippen MR) is 42.4 cm³/mol. The zero-order chi connectivity index (χ0) is 7.56. The SMILES string of the molecule is [C]#Cc1ccc(C)c(Cl)c1. The van der Waals surface area contributed by atoms with Crippen LogP contribution in [0.5, 0.6) is 0 Å². The molecule has 0 aliphatic carbocycles. The molecule has 0 heterocycles. The van der Waals surface area contributed by atoms with Crippen LogP contribution in [0.1, 0.15) is 11.1 Å². The first-order chi connectivity index (χ1) is 4.74. The Bertz CT molecular complexity index is 281. The summed E-state index contributed by atoms with van der Waals surface area (Å²) in [5.41, 5.74) is 1.75. The van der Waals surface area contributed by atoms with E-state index in [0.29, 0.717) is 5.02 Å². The lowest BCUT2D eigenvalue weighted by Crippen LogP contribution is -1.76. The molecule has 0 aliphatic heterocycles. The molecular formula is C9H6Cl.